The third-order valence-corrected chi connectivity index (χ3v) is 2.26. The summed E-state index contributed by atoms with van der Waals surface area (Å²) in [4.78, 5) is 22.7. The summed E-state index contributed by atoms with van der Waals surface area (Å²) in [6, 6.07) is -0.628. The highest BCUT2D eigenvalue weighted by molar-refractivity contribution is 5.75. The molecule has 0 spiro atoms. The maximum absolute atomic E-state index is 11.3. The van der Waals surface area contributed by atoms with Gasteiger partial charge >= 0.3 is 12.1 Å². The van der Waals surface area contributed by atoms with Gasteiger partial charge in [-0.15, -0.1) is 0 Å². The van der Waals surface area contributed by atoms with Crippen molar-refractivity contribution in [2.75, 3.05) is 13.2 Å². The molecule has 0 rings (SSSR count). The molecule has 0 aliphatic heterocycles. The number of hydrogen-bond donors (Lipinski definition) is 2. The Bertz CT molecular complexity index is 324. The average molecular weight is 286 g/mol. The lowest BCUT2D eigenvalue weighted by Crippen LogP contribution is -2.34. The number of alkyl carbamates (subject to hydrolysis) is 1. The highest BCUT2D eigenvalue weighted by Crippen LogP contribution is 2.06. The topological polar surface area (TPSA) is 90.6 Å². The largest absolute Gasteiger partial charge is 0.460 e. The van der Waals surface area contributed by atoms with Gasteiger partial charge in [-0.05, 0) is 40.0 Å². The lowest BCUT2D eigenvalue weighted by atomic mass is 10.1. The van der Waals surface area contributed by atoms with E-state index in [0.29, 0.717) is 13.0 Å². The summed E-state index contributed by atoms with van der Waals surface area (Å²) in [7, 11) is 0. The van der Waals surface area contributed by atoms with Gasteiger partial charge in [0.2, 0.25) is 0 Å². The molecule has 0 aromatic carbocycles. The van der Waals surface area contributed by atoms with Crippen molar-refractivity contribution in [3.8, 4) is 0 Å². The second-order valence-corrected chi connectivity index (χ2v) is 5.45. The molecule has 0 fully saturated rings. The molecule has 6 heteroatoms. The molecule has 0 aliphatic carbocycles. The molecule has 116 valence electrons. The van der Waals surface area contributed by atoms with Crippen molar-refractivity contribution >= 4 is 12.1 Å². The molecule has 0 aliphatic rings. The van der Waals surface area contributed by atoms with E-state index in [-0.39, 0.29) is 6.61 Å². The van der Waals surface area contributed by atoms with Crippen LogP contribution in [0.1, 0.15) is 40.0 Å². The van der Waals surface area contributed by atoms with Crippen LogP contribution in [0.25, 0.3) is 0 Å². The van der Waals surface area contributed by atoms with Crippen LogP contribution in [0.3, 0.4) is 0 Å². The van der Waals surface area contributed by atoms with E-state index in [1.165, 1.54) is 6.08 Å². The minimum Gasteiger partial charge on any atom is -0.460 e. The summed E-state index contributed by atoms with van der Waals surface area (Å²) in [5.41, 5.74) is 5.16. The van der Waals surface area contributed by atoms with Gasteiger partial charge in [-0.2, -0.15) is 0 Å². The molecule has 0 saturated heterocycles. The molecule has 0 heterocycles. The monoisotopic (exact) mass is 286 g/mol. The van der Waals surface area contributed by atoms with E-state index in [1.54, 1.807) is 20.8 Å². The van der Waals surface area contributed by atoms with Gasteiger partial charge in [0.15, 0.2) is 0 Å². The number of amides is 1. The van der Waals surface area contributed by atoms with Crippen molar-refractivity contribution < 1.29 is 19.1 Å². The predicted octanol–water partition coefficient (Wildman–Crippen LogP) is 1.74. The first-order chi connectivity index (χ1) is 9.26. The van der Waals surface area contributed by atoms with E-state index in [4.69, 9.17) is 15.2 Å². The smallest absolute Gasteiger partial charge is 0.407 e. The van der Waals surface area contributed by atoms with Crippen LogP contribution < -0.4 is 11.1 Å². The number of unbranched alkanes of at least 4 members (excludes halogenated alkanes) is 1. The van der Waals surface area contributed by atoms with Gasteiger partial charge < -0.3 is 20.5 Å². The Balaban J connectivity index is 3.64. The molecule has 0 aromatic rings. The van der Waals surface area contributed by atoms with Crippen LogP contribution in [-0.4, -0.2) is 36.9 Å². The van der Waals surface area contributed by atoms with Crippen molar-refractivity contribution in [1.29, 1.82) is 0 Å². The van der Waals surface area contributed by atoms with E-state index in [1.807, 2.05) is 0 Å². The van der Waals surface area contributed by atoms with Gasteiger partial charge in [0.1, 0.15) is 18.2 Å². The summed E-state index contributed by atoms with van der Waals surface area (Å²) >= 11 is 0. The summed E-state index contributed by atoms with van der Waals surface area (Å²) < 4.78 is 9.92. The maximum Gasteiger partial charge on any atom is 0.407 e. The molecule has 1 amide bonds. The van der Waals surface area contributed by atoms with E-state index in [9.17, 15) is 9.59 Å². The number of rotatable bonds is 8. The van der Waals surface area contributed by atoms with Crippen molar-refractivity contribution in [3.05, 3.63) is 12.7 Å². The molecule has 1 atom stereocenters. The minimum atomic E-state index is -0.628. The van der Waals surface area contributed by atoms with E-state index >= 15 is 0 Å². The molecule has 6 nitrogen and oxygen atoms in total. The molecule has 0 radical (unpaired) electrons. The Morgan fingerprint density at radius 3 is 2.55 bits per heavy atom. The molecule has 0 bridgehead atoms. The molecule has 0 unspecified atom stereocenters. The predicted molar refractivity (Wildman–Crippen MR) is 77.2 cm³/mol. The zero-order valence-corrected chi connectivity index (χ0v) is 12.6. The maximum atomic E-state index is 11.3. The first kappa shape index (κ1) is 18.4. The fourth-order valence-electron chi connectivity index (χ4n) is 1.36. The summed E-state index contributed by atoms with van der Waals surface area (Å²) in [6.45, 7) is 9.53. The molecule has 0 saturated carbocycles. The number of carbonyl (C=O) groups is 2. The van der Waals surface area contributed by atoms with Gasteiger partial charge in [-0.1, -0.05) is 12.7 Å². The zero-order chi connectivity index (χ0) is 15.6. The van der Waals surface area contributed by atoms with Crippen LogP contribution >= 0.6 is 0 Å². The van der Waals surface area contributed by atoms with Crippen LogP contribution in [0.2, 0.25) is 0 Å². The van der Waals surface area contributed by atoms with E-state index < -0.39 is 23.7 Å². The van der Waals surface area contributed by atoms with Crippen molar-refractivity contribution in [2.45, 2.75) is 51.7 Å². The first-order valence-electron chi connectivity index (χ1n) is 6.76. The zero-order valence-electron chi connectivity index (χ0n) is 12.6. The highest BCUT2D eigenvalue weighted by Gasteiger charge is 2.16. The normalized spacial score (nSPS) is 12.4. The Labute approximate surface area is 120 Å². The number of nitrogens with one attached hydrogen (secondary N) is 1. The average Bonchev–Trinajstić information content (AvgIpc) is 2.32. The second kappa shape index (κ2) is 9.36. The number of esters is 1. The fourth-order valence-corrected chi connectivity index (χ4v) is 1.36. The van der Waals surface area contributed by atoms with Crippen molar-refractivity contribution in [2.24, 2.45) is 5.73 Å². The van der Waals surface area contributed by atoms with Crippen molar-refractivity contribution in [1.82, 2.24) is 5.32 Å². The fraction of sp³-hybridized carbons (Fsp3) is 0.714. The third-order valence-electron chi connectivity index (χ3n) is 2.26. The molecular formula is C14H26N2O4. The van der Waals surface area contributed by atoms with Gasteiger partial charge in [-0.3, -0.25) is 4.79 Å². The number of ether oxygens (including phenoxy) is 2. The minimum absolute atomic E-state index is 0.173. The molecule has 3 N–H and O–H groups in total. The molecule has 0 aromatic heterocycles. The molecular weight excluding hydrogens is 260 g/mol. The van der Waals surface area contributed by atoms with Gasteiger partial charge in [-0.25, -0.2) is 4.79 Å². The third kappa shape index (κ3) is 10.4. The lowest BCUT2D eigenvalue weighted by molar-refractivity contribution is -0.144. The van der Waals surface area contributed by atoms with E-state index in [0.717, 1.165) is 12.8 Å². The van der Waals surface area contributed by atoms with Crippen LogP contribution in [0.15, 0.2) is 12.7 Å². The van der Waals surface area contributed by atoms with Crippen LogP contribution in [0, 0.1) is 0 Å². The SMILES string of the molecule is C=CCOC(=O)[C@H](N)CCCCNC(=O)OC(C)(C)C. The van der Waals surface area contributed by atoms with Gasteiger partial charge in [0.25, 0.3) is 0 Å². The Hall–Kier alpha value is -1.56. The summed E-state index contributed by atoms with van der Waals surface area (Å²) in [5.74, 6) is -0.426. The Morgan fingerprint density at radius 1 is 1.35 bits per heavy atom. The summed E-state index contributed by atoms with van der Waals surface area (Å²) in [6.07, 6.45) is 3.02. The Kier molecular flexibility index (Phi) is 8.63. The van der Waals surface area contributed by atoms with Gasteiger partial charge in [0.05, 0.1) is 0 Å². The number of nitrogens with two attached hydrogens (primary N) is 1. The van der Waals surface area contributed by atoms with Gasteiger partial charge in [0, 0.05) is 6.54 Å². The van der Waals surface area contributed by atoms with E-state index in [2.05, 4.69) is 11.9 Å². The van der Waals surface area contributed by atoms with Crippen LogP contribution in [0.4, 0.5) is 4.79 Å². The number of carbonyl (C=O) groups excluding carboxylic acids is 2. The van der Waals surface area contributed by atoms with Crippen LogP contribution in [0.5, 0.6) is 0 Å². The highest BCUT2D eigenvalue weighted by atomic mass is 16.6. The summed E-state index contributed by atoms with van der Waals surface area (Å²) in [5, 5.41) is 2.65. The molecule has 20 heavy (non-hydrogen) atoms. The standard InChI is InChI=1S/C14H26N2O4/c1-5-10-19-12(17)11(15)8-6-7-9-16-13(18)20-14(2,3)4/h5,11H,1,6-10,15H2,2-4H3,(H,16,18)/t11-/m1/s1. The number of hydrogen-bond acceptors (Lipinski definition) is 5. The van der Waals surface area contributed by atoms with Crippen molar-refractivity contribution in [3.63, 3.8) is 0 Å². The first-order valence-corrected chi connectivity index (χ1v) is 6.76. The lowest BCUT2D eigenvalue weighted by Gasteiger charge is -2.19. The Morgan fingerprint density at radius 2 is 2.00 bits per heavy atom. The quantitative estimate of drug-likeness (QED) is 0.403. The second-order valence-electron chi connectivity index (χ2n) is 5.45. The van der Waals surface area contributed by atoms with Crippen LogP contribution in [-0.2, 0) is 14.3 Å².